The molecule has 4 amide bonds. The first-order valence-corrected chi connectivity index (χ1v) is 8.68. The Kier molecular flexibility index (Phi) is 4.17. The molecule has 1 aliphatic carbocycles. The van der Waals surface area contributed by atoms with Crippen LogP contribution >= 0.6 is 0 Å². The van der Waals surface area contributed by atoms with Gasteiger partial charge in [0, 0.05) is 6.54 Å². The van der Waals surface area contributed by atoms with E-state index in [4.69, 9.17) is 4.74 Å². The highest BCUT2D eigenvalue weighted by atomic mass is 16.5. The number of amides is 4. The summed E-state index contributed by atoms with van der Waals surface area (Å²) in [7, 11) is 0. The van der Waals surface area contributed by atoms with Gasteiger partial charge >= 0.3 is 6.03 Å². The number of carbonyl (C=O) groups excluding carboxylic acids is 3. The van der Waals surface area contributed by atoms with E-state index < -0.39 is 6.03 Å². The second kappa shape index (κ2) is 6.48. The fraction of sp³-hybridized carbons (Fsp3) is 0.500. The minimum atomic E-state index is -0.495. The summed E-state index contributed by atoms with van der Waals surface area (Å²) in [5.41, 5.74) is 1.04. The summed E-state index contributed by atoms with van der Waals surface area (Å²) in [6.45, 7) is 0.725. The molecule has 2 saturated heterocycles. The Hall–Kier alpha value is -2.41. The Morgan fingerprint density at radius 3 is 2.56 bits per heavy atom. The van der Waals surface area contributed by atoms with Crippen molar-refractivity contribution in [1.82, 2.24) is 15.1 Å². The van der Waals surface area contributed by atoms with E-state index in [0.717, 1.165) is 23.3 Å². The van der Waals surface area contributed by atoms with Crippen molar-refractivity contribution < 1.29 is 19.1 Å². The summed E-state index contributed by atoms with van der Waals surface area (Å²) in [6, 6.07) is 9.37. The predicted molar refractivity (Wildman–Crippen MR) is 88.5 cm³/mol. The van der Waals surface area contributed by atoms with Crippen LogP contribution in [0.15, 0.2) is 30.3 Å². The van der Waals surface area contributed by atoms with Gasteiger partial charge in [0.15, 0.2) is 0 Å². The molecule has 1 saturated carbocycles. The van der Waals surface area contributed by atoms with Gasteiger partial charge in [0.05, 0.1) is 19.2 Å². The molecule has 0 radical (unpaired) electrons. The molecule has 3 aliphatic rings. The summed E-state index contributed by atoms with van der Waals surface area (Å²) in [5, 5.41) is 2.44. The van der Waals surface area contributed by atoms with Crippen LogP contribution in [-0.4, -0.2) is 59.9 Å². The van der Waals surface area contributed by atoms with Crippen molar-refractivity contribution in [2.75, 3.05) is 26.2 Å². The fourth-order valence-corrected chi connectivity index (χ4v) is 3.42. The van der Waals surface area contributed by atoms with E-state index in [9.17, 15) is 14.4 Å². The van der Waals surface area contributed by atoms with Crippen LogP contribution in [-0.2, 0) is 14.3 Å². The van der Waals surface area contributed by atoms with Gasteiger partial charge in [-0.3, -0.25) is 14.5 Å². The summed E-state index contributed by atoms with van der Waals surface area (Å²) in [4.78, 5) is 38.8. The highest BCUT2D eigenvalue weighted by Crippen LogP contribution is 2.39. The molecule has 2 aliphatic heterocycles. The zero-order valence-corrected chi connectivity index (χ0v) is 13.9. The monoisotopic (exact) mass is 343 g/mol. The van der Waals surface area contributed by atoms with Crippen molar-refractivity contribution in [3.05, 3.63) is 35.9 Å². The molecule has 7 nitrogen and oxygen atoms in total. The molecule has 0 aromatic heterocycles. The third-order valence-corrected chi connectivity index (χ3v) is 5.03. The topological polar surface area (TPSA) is 79.0 Å². The largest absolute Gasteiger partial charge is 0.366 e. The first kappa shape index (κ1) is 16.1. The number of ether oxygens (including phenoxy) is 1. The van der Waals surface area contributed by atoms with Crippen LogP contribution in [0.2, 0.25) is 0 Å². The SMILES string of the molecule is O=C(CN1C(=O)CNC1=O)N1C[C@@H](c2ccccc2)O[C@@H](C2CC2)C1. The van der Waals surface area contributed by atoms with E-state index in [0.29, 0.717) is 19.0 Å². The number of morpholine rings is 1. The van der Waals surface area contributed by atoms with Crippen molar-refractivity contribution in [2.45, 2.75) is 25.0 Å². The van der Waals surface area contributed by atoms with E-state index in [2.05, 4.69) is 5.32 Å². The molecular weight excluding hydrogens is 322 g/mol. The number of rotatable bonds is 4. The van der Waals surface area contributed by atoms with E-state index in [-0.39, 0.29) is 37.1 Å². The van der Waals surface area contributed by atoms with Crippen LogP contribution in [0.3, 0.4) is 0 Å². The van der Waals surface area contributed by atoms with Crippen molar-refractivity contribution in [3.63, 3.8) is 0 Å². The number of hydrogen-bond donors (Lipinski definition) is 1. The number of urea groups is 1. The van der Waals surface area contributed by atoms with Gasteiger partial charge in [-0.05, 0) is 24.3 Å². The molecule has 2 heterocycles. The number of benzene rings is 1. The van der Waals surface area contributed by atoms with Crippen molar-refractivity contribution >= 4 is 17.8 Å². The standard InChI is InChI=1S/C18H21N3O4/c22-16-8-19-18(24)21(16)11-17(23)20-9-14(12-4-2-1-3-5-12)25-15(10-20)13-6-7-13/h1-5,13-15H,6-11H2,(H,19,24)/t14-,15+/m0/s1. The van der Waals surface area contributed by atoms with Gasteiger partial charge in [-0.25, -0.2) is 4.79 Å². The lowest BCUT2D eigenvalue weighted by Crippen LogP contribution is -2.51. The van der Waals surface area contributed by atoms with E-state index in [1.54, 1.807) is 4.90 Å². The fourth-order valence-electron chi connectivity index (χ4n) is 3.42. The molecule has 3 fully saturated rings. The molecule has 1 aromatic rings. The molecule has 0 bridgehead atoms. The van der Waals surface area contributed by atoms with Gasteiger partial charge < -0.3 is 15.0 Å². The van der Waals surface area contributed by atoms with Crippen molar-refractivity contribution in [2.24, 2.45) is 5.92 Å². The summed E-state index contributed by atoms with van der Waals surface area (Å²) in [5.74, 6) is -0.0660. The van der Waals surface area contributed by atoms with E-state index in [1.165, 1.54) is 0 Å². The van der Waals surface area contributed by atoms with Gasteiger partial charge in [0.25, 0.3) is 5.91 Å². The van der Waals surface area contributed by atoms with Crippen LogP contribution < -0.4 is 5.32 Å². The highest BCUT2D eigenvalue weighted by Gasteiger charge is 2.41. The zero-order valence-electron chi connectivity index (χ0n) is 13.9. The quantitative estimate of drug-likeness (QED) is 0.825. The minimum absolute atomic E-state index is 0.0195. The lowest BCUT2D eigenvalue weighted by atomic mass is 10.0. The molecule has 7 heteroatoms. The average molecular weight is 343 g/mol. The maximum atomic E-state index is 12.7. The maximum absolute atomic E-state index is 12.7. The molecule has 132 valence electrons. The molecule has 4 rings (SSSR count). The molecule has 1 N–H and O–H groups in total. The summed E-state index contributed by atoms with van der Waals surface area (Å²) in [6.07, 6.45) is 2.10. The van der Waals surface area contributed by atoms with E-state index >= 15 is 0 Å². The number of carbonyl (C=O) groups is 3. The van der Waals surface area contributed by atoms with Gasteiger partial charge in [-0.1, -0.05) is 30.3 Å². The number of imide groups is 1. The number of nitrogens with one attached hydrogen (secondary N) is 1. The molecule has 2 atom stereocenters. The summed E-state index contributed by atoms with van der Waals surface area (Å²) < 4.78 is 6.24. The van der Waals surface area contributed by atoms with Gasteiger partial charge in [0.1, 0.15) is 12.6 Å². The van der Waals surface area contributed by atoms with Crippen molar-refractivity contribution in [3.8, 4) is 0 Å². The number of nitrogens with zero attached hydrogens (tertiary/aromatic N) is 2. The van der Waals surface area contributed by atoms with Crippen LogP contribution in [0.4, 0.5) is 4.79 Å². The third kappa shape index (κ3) is 3.37. The highest BCUT2D eigenvalue weighted by molar-refractivity contribution is 6.04. The predicted octanol–water partition coefficient (Wildman–Crippen LogP) is 0.917. The van der Waals surface area contributed by atoms with Crippen LogP contribution in [0.25, 0.3) is 0 Å². The Labute approximate surface area is 145 Å². The Bertz CT molecular complexity index is 673. The van der Waals surface area contributed by atoms with Crippen LogP contribution in [0.1, 0.15) is 24.5 Å². The smallest absolute Gasteiger partial charge is 0.325 e. The first-order valence-electron chi connectivity index (χ1n) is 8.68. The van der Waals surface area contributed by atoms with Crippen molar-refractivity contribution in [1.29, 1.82) is 0 Å². The molecular formula is C18H21N3O4. The first-order chi connectivity index (χ1) is 12.1. The minimum Gasteiger partial charge on any atom is -0.366 e. The van der Waals surface area contributed by atoms with Gasteiger partial charge in [0.2, 0.25) is 5.91 Å². The van der Waals surface area contributed by atoms with E-state index in [1.807, 2.05) is 30.3 Å². The zero-order chi connectivity index (χ0) is 17.4. The van der Waals surface area contributed by atoms with Gasteiger partial charge in [-0.2, -0.15) is 0 Å². The van der Waals surface area contributed by atoms with Gasteiger partial charge in [-0.15, -0.1) is 0 Å². The molecule has 25 heavy (non-hydrogen) atoms. The normalized spacial score (nSPS) is 26.7. The van der Waals surface area contributed by atoms with Crippen LogP contribution in [0.5, 0.6) is 0 Å². The second-order valence-corrected chi connectivity index (χ2v) is 6.85. The molecule has 0 unspecified atom stereocenters. The lowest BCUT2D eigenvalue weighted by molar-refractivity contribution is -0.150. The molecule has 1 aromatic carbocycles. The second-order valence-electron chi connectivity index (χ2n) is 6.85. The lowest BCUT2D eigenvalue weighted by Gasteiger charge is -2.39. The average Bonchev–Trinajstić information content (AvgIpc) is 3.45. The summed E-state index contributed by atoms with van der Waals surface area (Å²) >= 11 is 0. The Morgan fingerprint density at radius 1 is 1.16 bits per heavy atom. The third-order valence-electron chi connectivity index (χ3n) is 5.03. The Balaban J connectivity index is 1.48. The molecule has 0 spiro atoms. The van der Waals surface area contributed by atoms with Crippen LogP contribution in [0, 0.1) is 5.92 Å². The maximum Gasteiger partial charge on any atom is 0.325 e. The Morgan fingerprint density at radius 2 is 1.92 bits per heavy atom. The number of hydrogen-bond acceptors (Lipinski definition) is 4.